The Kier molecular flexibility index (Phi) is 4.48. The summed E-state index contributed by atoms with van der Waals surface area (Å²) in [6.07, 6.45) is 1.54. The molecular formula is C21H22N2O4. The molecule has 2 aliphatic heterocycles. The van der Waals surface area contributed by atoms with E-state index in [1.165, 1.54) is 0 Å². The molecular weight excluding hydrogens is 344 g/mol. The molecule has 1 fully saturated rings. The molecule has 6 heteroatoms. The molecule has 2 aromatic rings. The van der Waals surface area contributed by atoms with E-state index in [2.05, 4.69) is 5.32 Å². The highest BCUT2D eigenvalue weighted by Gasteiger charge is 2.42. The summed E-state index contributed by atoms with van der Waals surface area (Å²) in [5.74, 6) is 1.36. The number of hydrogen-bond donors (Lipinski definition) is 1. The molecule has 2 aromatic carbocycles. The highest BCUT2D eigenvalue weighted by molar-refractivity contribution is 5.95. The van der Waals surface area contributed by atoms with Crippen molar-refractivity contribution in [1.29, 1.82) is 0 Å². The number of carbonyl (C=O) groups excluding carboxylic acids is 2. The Bertz CT molecular complexity index is 855. The van der Waals surface area contributed by atoms with Gasteiger partial charge in [-0.15, -0.1) is 0 Å². The number of benzene rings is 2. The summed E-state index contributed by atoms with van der Waals surface area (Å²) in [5.41, 5.74) is 0.778. The minimum atomic E-state index is -0.562. The number of amides is 2. The Hall–Kier alpha value is -3.02. The first-order valence-corrected chi connectivity index (χ1v) is 9.10. The van der Waals surface area contributed by atoms with Gasteiger partial charge in [-0.2, -0.15) is 0 Å². The molecule has 0 aromatic heterocycles. The summed E-state index contributed by atoms with van der Waals surface area (Å²) in [4.78, 5) is 26.9. The summed E-state index contributed by atoms with van der Waals surface area (Å²) < 4.78 is 11.4. The number of methoxy groups -OCH3 is 1. The molecule has 1 N–H and O–H groups in total. The van der Waals surface area contributed by atoms with Crippen LogP contribution in [0.1, 0.15) is 29.6 Å². The lowest BCUT2D eigenvalue weighted by Gasteiger charge is -2.40. The predicted molar refractivity (Wildman–Crippen MR) is 101 cm³/mol. The van der Waals surface area contributed by atoms with Crippen LogP contribution in [-0.4, -0.2) is 42.5 Å². The second-order valence-electron chi connectivity index (χ2n) is 7.03. The van der Waals surface area contributed by atoms with Crippen LogP contribution in [0.4, 0.5) is 5.69 Å². The van der Waals surface area contributed by atoms with Crippen molar-refractivity contribution in [2.75, 3.05) is 25.5 Å². The molecule has 0 radical (unpaired) electrons. The molecule has 1 spiro atoms. The van der Waals surface area contributed by atoms with Crippen molar-refractivity contribution in [3.63, 3.8) is 0 Å². The van der Waals surface area contributed by atoms with Crippen LogP contribution >= 0.6 is 0 Å². The number of nitrogens with one attached hydrogen (secondary N) is 1. The Morgan fingerprint density at radius 3 is 2.52 bits per heavy atom. The SMILES string of the molecule is COc1ccc(C(=O)N2CCC3(CC2)CC(=O)Nc2ccccc2O3)cc1. The third kappa shape index (κ3) is 3.47. The highest BCUT2D eigenvalue weighted by atomic mass is 16.5. The van der Waals surface area contributed by atoms with Crippen molar-refractivity contribution in [2.45, 2.75) is 24.9 Å². The van der Waals surface area contributed by atoms with Gasteiger partial charge in [0.05, 0.1) is 19.2 Å². The van der Waals surface area contributed by atoms with Crippen molar-refractivity contribution in [1.82, 2.24) is 4.90 Å². The van der Waals surface area contributed by atoms with E-state index in [0.717, 1.165) is 5.75 Å². The highest BCUT2D eigenvalue weighted by Crippen LogP contribution is 2.38. The lowest BCUT2D eigenvalue weighted by molar-refractivity contribution is -0.120. The minimum absolute atomic E-state index is 0.00835. The largest absolute Gasteiger partial charge is 0.497 e. The molecule has 2 amide bonds. The van der Waals surface area contributed by atoms with Crippen molar-refractivity contribution < 1.29 is 19.1 Å². The van der Waals surface area contributed by atoms with Crippen LogP contribution in [0.3, 0.4) is 0 Å². The van der Waals surface area contributed by atoms with Crippen LogP contribution in [0, 0.1) is 0 Å². The maximum atomic E-state index is 12.8. The maximum Gasteiger partial charge on any atom is 0.253 e. The quantitative estimate of drug-likeness (QED) is 0.887. The lowest BCUT2D eigenvalue weighted by atomic mass is 9.87. The molecule has 1 saturated heterocycles. The molecule has 6 nitrogen and oxygen atoms in total. The monoisotopic (exact) mass is 366 g/mol. The molecule has 0 unspecified atom stereocenters. The van der Waals surface area contributed by atoms with Crippen LogP contribution in [-0.2, 0) is 4.79 Å². The Morgan fingerprint density at radius 1 is 1.11 bits per heavy atom. The Morgan fingerprint density at radius 2 is 1.81 bits per heavy atom. The molecule has 2 aliphatic rings. The fourth-order valence-electron chi connectivity index (χ4n) is 3.73. The van der Waals surface area contributed by atoms with E-state index in [1.807, 2.05) is 29.2 Å². The van der Waals surface area contributed by atoms with Gasteiger partial charge in [0.2, 0.25) is 5.91 Å². The maximum absolute atomic E-state index is 12.8. The van der Waals surface area contributed by atoms with Crippen LogP contribution in [0.5, 0.6) is 11.5 Å². The van der Waals surface area contributed by atoms with Crippen molar-refractivity contribution in [3.05, 3.63) is 54.1 Å². The zero-order valence-electron chi connectivity index (χ0n) is 15.2. The van der Waals surface area contributed by atoms with Crippen LogP contribution < -0.4 is 14.8 Å². The zero-order chi connectivity index (χ0) is 18.9. The fraction of sp³-hybridized carbons (Fsp3) is 0.333. The molecule has 0 bridgehead atoms. The number of para-hydroxylation sites is 2. The van der Waals surface area contributed by atoms with Gasteiger partial charge >= 0.3 is 0 Å². The van der Waals surface area contributed by atoms with Crippen LogP contribution in [0.2, 0.25) is 0 Å². The molecule has 2 heterocycles. The van der Waals surface area contributed by atoms with E-state index in [4.69, 9.17) is 9.47 Å². The molecule has 140 valence electrons. The number of piperidine rings is 1. The summed E-state index contributed by atoms with van der Waals surface area (Å²) in [7, 11) is 1.60. The van der Waals surface area contributed by atoms with E-state index in [1.54, 1.807) is 31.4 Å². The van der Waals surface area contributed by atoms with Crippen molar-refractivity contribution in [3.8, 4) is 11.5 Å². The van der Waals surface area contributed by atoms with Gasteiger partial charge in [-0.1, -0.05) is 12.1 Å². The predicted octanol–water partition coefficient (Wildman–Crippen LogP) is 3.09. The van der Waals surface area contributed by atoms with Gasteiger partial charge in [0.25, 0.3) is 5.91 Å². The Labute approximate surface area is 158 Å². The van der Waals surface area contributed by atoms with E-state index < -0.39 is 5.60 Å². The third-order valence-electron chi connectivity index (χ3n) is 5.27. The summed E-state index contributed by atoms with van der Waals surface area (Å²) in [6.45, 7) is 1.11. The fourth-order valence-corrected chi connectivity index (χ4v) is 3.73. The van der Waals surface area contributed by atoms with Crippen LogP contribution in [0.15, 0.2) is 48.5 Å². The summed E-state index contributed by atoms with van der Waals surface area (Å²) in [5, 5.41) is 2.91. The smallest absolute Gasteiger partial charge is 0.253 e. The first kappa shape index (κ1) is 17.4. The van der Waals surface area contributed by atoms with E-state index in [9.17, 15) is 9.59 Å². The van der Waals surface area contributed by atoms with Gasteiger partial charge in [-0.3, -0.25) is 9.59 Å². The van der Waals surface area contributed by atoms with Gasteiger partial charge in [0, 0.05) is 31.5 Å². The molecule has 4 rings (SSSR count). The standard InChI is InChI=1S/C21H22N2O4/c1-26-16-8-6-15(7-9-16)20(25)23-12-10-21(11-13-23)14-19(24)22-17-4-2-3-5-18(17)27-21/h2-9H,10-14H2,1H3,(H,22,24). The summed E-state index contributed by atoms with van der Waals surface area (Å²) >= 11 is 0. The Balaban J connectivity index is 1.47. The molecule has 27 heavy (non-hydrogen) atoms. The normalized spacial score (nSPS) is 18.1. The number of nitrogens with zero attached hydrogens (tertiary/aromatic N) is 1. The van der Waals surface area contributed by atoms with E-state index in [-0.39, 0.29) is 11.8 Å². The average molecular weight is 366 g/mol. The number of hydrogen-bond acceptors (Lipinski definition) is 4. The molecule has 0 atom stereocenters. The second-order valence-corrected chi connectivity index (χ2v) is 7.03. The van der Waals surface area contributed by atoms with Crippen LogP contribution in [0.25, 0.3) is 0 Å². The number of rotatable bonds is 2. The zero-order valence-corrected chi connectivity index (χ0v) is 15.2. The van der Waals surface area contributed by atoms with Gasteiger partial charge in [-0.05, 0) is 36.4 Å². The number of fused-ring (bicyclic) bond motifs is 1. The first-order chi connectivity index (χ1) is 13.1. The molecule has 0 aliphatic carbocycles. The second kappa shape index (κ2) is 6.95. The van der Waals surface area contributed by atoms with Gasteiger partial charge in [0.15, 0.2) is 0 Å². The average Bonchev–Trinajstić information content (AvgIpc) is 2.83. The van der Waals surface area contributed by atoms with E-state index in [0.29, 0.717) is 49.4 Å². The van der Waals surface area contributed by atoms with Crippen molar-refractivity contribution in [2.24, 2.45) is 0 Å². The number of anilines is 1. The summed E-state index contributed by atoms with van der Waals surface area (Å²) in [6, 6.07) is 14.6. The van der Waals surface area contributed by atoms with E-state index >= 15 is 0 Å². The topological polar surface area (TPSA) is 67.9 Å². The lowest BCUT2D eigenvalue weighted by Crippen LogP contribution is -2.50. The molecule has 0 saturated carbocycles. The number of carbonyl (C=O) groups is 2. The number of likely N-dealkylation sites (tertiary alicyclic amines) is 1. The first-order valence-electron chi connectivity index (χ1n) is 9.10. The van der Waals surface area contributed by atoms with Gasteiger partial charge < -0.3 is 19.7 Å². The van der Waals surface area contributed by atoms with Gasteiger partial charge in [0.1, 0.15) is 17.1 Å². The minimum Gasteiger partial charge on any atom is -0.497 e. The third-order valence-corrected chi connectivity index (χ3v) is 5.27. The number of ether oxygens (including phenoxy) is 2. The van der Waals surface area contributed by atoms with Gasteiger partial charge in [-0.25, -0.2) is 0 Å². The van der Waals surface area contributed by atoms with Crippen molar-refractivity contribution >= 4 is 17.5 Å².